The van der Waals surface area contributed by atoms with Gasteiger partial charge in [0.15, 0.2) is 5.82 Å². The lowest BCUT2D eigenvalue weighted by molar-refractivity contribution is -0.137. The average molecular weight is 618 g/mol. The van der Waals surface area contributed by atoms with Crippen LogP contribution >= 0.6 is 28.4 Å². The standard InChI is InChI=1S/C23H20IN6O5P/c1-34-19-13-14(22-25-10-8-20(29-22)35-12-9-21(31)32)5-6-16(19)28-23(33)17-4-2-3-15(27-17)18-7-11-26-30(18)36-24/h2-8,10-11,13,36H,9,12H2,1H3,(H,28,33)(H,31,32). The largest absolute Gasteiger partial charge is 0.495 e. The Morgan fingerprint density at radius 2 is 2.00 bits per heavy atom. The highest BCUT2D eigenvalue weighted by atomic mass is 127. The fourth-order valence-corrected chi connectivity index (χ4v) is 4.74. The van der Waals surface area contributed by atoms with E-state index in [4.69, 9.17) is 14.6 Å². The lowest BCUT2D eigenvalue weighted by atomic mass is 10.1. The predicted molar refractivity (Wildman–Crippen MR) is 143 cm³/mol. The van der Waals surface area contributed by atoms with E-state index < -0.39 is 11.9 Å². The van der Waals surface area contributed by atoms with Crippen molar-refractivity contribution < 1.29 is 24.2 Å². The molecule has 184 valence electrons. The first kappa shape index (κ1) is 25.5. The molecule has 1 aromatic carbocycles. The number of carbonyl (C=O) groups is 2. The first-order chi connectivity index (χ1) is 17.5. The molecule has 0 aliphatic rings. The first-order valence-corrected chi connectivity index (χ1v) is 14.6. The number of aromatic nitrogens is 5. The molecule has 0 spiro atoms. The minimum atomic E-state index is -0.957. The summed E-state index contributed by atoms with van der Waals surface area (Å²) in [7, 11) is 1.49. The van der Waals surface area contributed by atoms with Gasteiger partial charge in [0, 0.05) is 24.0 Å². The van der Waals surface area contributed by atoms with Crippen LogP contribution in [-0.2, 0) is 4.79 Å². The van der Waals surface area contributed by atoms with Crippen molar-refractivity contribution in [1.29, 1.82) is 0 Å². The number of nitrogens with one attached hydrogen (secondary N) is 1. The summed E-state index contributed by atoms with van der Waals surface area (Å²) in [6.45, 7) is -0.00386. The molecule has 0 fully saturated rings. The highest BCUT2D eigenvalue weighted by Crippen LogP contribution is 2.31. The molecular weight excluding hydrogens is 598 g/mol. The monoisotopic (exact) mass is 618 g/mol. The van der Waals surface area contributed by atoms with Crippen molar-refractivity contribution in [3.8, 4) is 34.4 Å². The zero-order valence-electron chi connectivity index (χ0n) is 18.9. The number of anilines is 1. The normalized spacial score (nSPS) is 10.9. The van der Waals surface area contributed by atoms with E-state index in [1.165, 1.54) is 13.3 Å². The Morgan fingerprint density at radius 3 is 2.78 bits per heavy atom. The van der Waals surface area contributed by atoms with Gasteiger partial charge in [0.1, 0.15) is 18.1 Å². The number of carbonyl (C=O) groups excluding carboxylic acids is 1. The number of pyridine rings is 1. The molecule has 0 radical (unpaired) electrons. The number of amides is 1. The Balaban J connectivity index is 1.52. The molecule has 13 heteroatoms. The van der Waals surface area contributed by atoms with Crippen LogP contribution in [0.3, 0.4) is 0 Å². The fourth-order valence-electron chi connectivity index (χ4n) is 3.19. The summed E-state index contributed by atoms with van der Waals surface area (Å²) in [6, 6.07) is 13.7. The number of carboxylic acid groups (broad SMARTS) is 1. The van der Waals surface area contributed by atoms with E-state index in [-0.39, 0.29) is 24.6 Å². The average Bonchev–Trinajstić information content (AvgIpc) is 3.38. The van der Waals surface area contributed by atoms with Gasteiger partial charge in [-0.15, -0.1) is 0 Å². The minimum absolute atomic E-state index is 0.00386. The smallest absolute Gasteiger partial charge is 0.306 e. The highest BCUT2D eigenvalue weighted by molar-refractivity contribution is 14.2. The van der Waals surface area contributed by atoms with Gasteiger partial charge in [0.2, 0.25) is 5.88 Å². The highest BCUT2D eigenvalue weighted by Gasteiger charge is 2.15. The van der Waals surface area contributed by atoms with E-state index in [1.54, 1.807) is 42.6 Å². The van der Waals surface area contributed by atoms with Gasteiger partial charge in [0.05, 0.1) is 37.0 Å². The molecule has 1 amide bonds. The van der Waals surface area contributed by atoms with E-state index in [0.29, 0.717) is 34.9 Å². The summed E-state index contributed by atoms with van der Waals surface area (Å²) in [6.07, 6.45) is 3.49. The third-order valence-electron chi connectivity index (χ3n) is 4.87. The number of rotatable bonds is 10. The molecule has 4 rings (SSSR count). The maximum absolute atomic E-state index is 13.0. The minimum Gasteiger partial charge on any atom is -0.495 e. The van der Waals surface area contributed by atoms with Crippen LogP contribution in [-0.4, -0.2) is 55.2 Å². The number of methoxy groups -OCH3 is 1. The van der Waals surface area contributed by atoms with Gasteiger partial charge in [-0.2, -0.15) is 10.1 Å². The molecular formula is C23H20IN6O5P. The molecule has 4 aromatic rings. The molecule has 0 aliphatic heterocycles. The molecule has 2 N–H and O–H groups in total. The number of hydrogen-bond donors (Lipinski definition) is 2. The third-order valence-corrected chi connectivity index (χ3v) is 6.76. The SMILES string of the molecule is COc1cc(-c2nccc(OCCC(=O)O)n2)ccc1NC(=O)c1cccc(-c2ccnn2PI)n1. The molecule has 11 nitrogen and oxygen atoms in total. The molecule has 0 saturated heterocycles. The lowest BCUT2D eigenvalue weighted by Crippen LogP contribution is -2.14. The number of aliphatic carboxylic acids is 1. The Labute approximate surface area is 220 Å². The Kier molecular flexibility index (Phi) is 8.39. The van der Waals surface area contributed by atoms with Crippen LogP contribution < -0.4 is 14.8 Å². The second-order valence-corrected chi connectivity index (χ2v) is 9.24. The van der Waals surface area contributed by atoms with E-state index in [1.807, 2.05) is 16.6 Å². The Morgan fingerprint density at radius 1 is 1.14 bits per heavy atom. The third kappa shape index (κ3) is 6.13. The molecule has 36 heavy (non-hydrogen) atoms. The maximum atomic E-state index is 13.0. The van der Waals surface area contributed by atoms with Gasteiger partial charge in [-0.25, -0.2) is 14.4 Å². The summed E-state index contributed by atoms with van der Waals surface area (Å²) < 4.78 is 12.7. The summed E-state index contributed by atoms with van der Waals surface area (Å²) in [5, 5.41) is 15.9. The summed E-state index contributed by atoms with van der Waals surface area (Å²) in [5.41, 5.74) is 2.80. The van der Waals surface area contributed by atoms with E-state index in [9.17, 15) is 9.59 Å². The maximum Gasteiger partial charge on any atom is 0.306 e. The molecule has 0 saturated carbocycles. The van der Waals surface area contributed by atoms with Gasteiger partial charge in [-0.3, -0.25) is 9.59 Å². The van der Waals surface area contributed by atoms with Crippen molar-refractivity contribution in [2.24, 2.45) is 0 Å². The lowest BCUT2D eigenvalue weighted by Gasteiger charge is -2.12. The summed E-state index contributed by atoms with van der Waals surface area (Å²) >= 11 is 2.23. The number of nitrogens with zero attached hydrogens (tertiary/aromatic N) is 5. The van der Waals surface area contributed by atoms with Crippen LogP contribution in [0.5, 0.6) is 11.6 Å². The summed E-state index contributed by atoms with van der Waals surface area (Å²) in [4.78, 5) is 36.7. The molecule has 1 atom stereocenters. The van der Waals surface area contributed by atoms with Crippen molar-refractivity contribution >= 4 is 46.0 Å². The van der Waals surface area contributed by atoms with Crippen molar-refractivity contribution in [3.05, 3.63) is 66.6 Å². The van der Waals surface area contributed by atoms with Crippen LogP contribution in [0.4, 0.5) is 5.69 Å². The molecule has 0 aliphatic carbocycles. The van der Waals surface area contributed by atoms with Gasteiger partial charge in [-0.1, -0.05) is 6.07 Å². The number of halogens is 1. The quantitative estimate of drug-likeness (QED) is 0.197. The predicted octanol–water partition coefficient (Wildman–Crippen LogP) is 4.31. The van der Waals surface area contributed by atoms with Gasteiger partial charge >= 0.3 is 5.97 Å². The van der Waals surface area contributed by atoms with Crippen LogP contribution in [0.2, 0.25) is 0 Å². The van der Waals surface area contributed by atoms with Crippen molar-refractivity contribution in [2.75, 3.05) is 19.0 Å². The topological polar surface area (TPSA) is 141 Å². The van der Waals surface area contributed by atoms with E-state index in [2.05, 4.69) is 47.4 Å². The van der Waals surface area contributed by atoms with Crippen molar-refractivity contribution in [1.82, 2.24) is 24.5 Å². The van der Waals surface area contributed by atoms with Gasteiger partial charge in [0.25, 0.3) is 5.91 Å². The van der Waals surface area contributed by atoms with Gasteiger partial charge < -0.3 is 19.9 Å². The Hall–Kier alpha value is -3.64. The number of ether oxygens (including phenoxy) is 2. The van der Waals surface area contributed by atoms with E-state index >= 15 is 0 Å². The van der Waals surface area contributed by atoms with Crippen LogP contribution in [0.15, 0.2) is 60.9 Å². The molecule has 0 bridgehead atoms. The molecule has 1 unspecified atom stereocenters. The number of hydrogen-bond acceptors (Lipinski definition) is 8. The zero-order valence-corrected chi connectivity index (χ0v) is 22.0. The van der Waals surface area contributed by atoms with Crippen molar-refractivity contribution in [2.45, 2.75) is 6.42 Å². The molecule has 3 heterocycles. The van der Waals surface area contributed by atoms with Crippen LogP contribution in [0, 0.1) is 0 Å². The first-order valence-electron chi connectivity index (χ1n) is 10.5. The van der Waals surface area contributed by atoms with Crippen LogP contribution in [0.1, 0.15) is 16.9 Å². The Bertz CT molecular complexity index is 1400. The summed E-state index contributed by atoms with van der Waals surface area (Å²) in [5.74, 6) is -0.326. The van der Waals surface area contributed by atoms with Gasteiger partial charge in [-0.05, 0) is 58.4 Å². The van der Waals surface area contributed by atoms with Crippen molar-refractivity contribution in [3.63, 3.8) is 0 Å². The second kappa shape index (κ2) is 11.9. The fraction of sp³-hybridized carbons (Fsp3) is 0.130. The molecule has 3 aromatic heterocycles. The second-order valence-electron chi connectivity index (χ2n) is 7.20. The van der Waals surface area contributed by atoms with Crippen LogP contribution in [0.25, 0.3) is 22.8 Å². The zero-order chi connectivity index (χ0) is 25.5. The van der Waals surface area contributed by atoms with E-state index in [0.717, 1.165) is 5.69 Å². The number of carboxylic acids is 1. The number of benzene rings is 1.